The van der Waals surface area contributed by atoms with Crippen molar-refractivity contribution in [2.75, 3.05) is 45.9 Å². The predicted octanol–water partition coefficient (Wildman–Crippen LogP) is 1.44. The van der Waals surface area contributed by atoms with Gasteiger partial charge in [0.2, 0.25) is 0 Å². The Morgan fingerprint density at radius 3 is 2.38 bits per heavy atom. The first-order chi connectivity index (χ1) is 7.83. The second-order valence-electron chi connectivity index (χ2n) is 5.07. The summed E-state index contributed by atoms with van der Waals surface area (Å²) in [4.78, 5) is 4.99. The minimum absolute atomic E-state index is 0.526. The SMILES string of the molecule is CCN(CC)CCOC1CN2CCC1CC2. The van der Waals surface area contributed by atoms with Crippen LogP contribution in [0.1, 0.15) is 26.7 Å². The molecule has 3 fully saturated rings. The van der Waals surface area contributed by atoms with Gasteiger partial charge in [0.15, 0.2) is 0 Å². The average molecular weight is 226 g/mol. The molecule has 1 atom stereocenters. The Balaban J connectivity index is 1.66. The maximum atomic E-state index is 6.07. The van der Waals surface area contributed by atoms with Gasteiger partial charge in [-0.3, -0.25) is 0 Å². The van der Waals surface area contributed by atoms with Gasteiger partial charge in [-0.15, -0.1) is 0 Å². The van der Waals surface area contributed by atoms with Crippen LogP contribution in [0.15, 0.2) is 0 Å². The smallest absolute Gasteiger partial charge is 0.0731 e. The number of hydrogen-bond donors (Lipinski definition) is 0. The molecule has 3 saturated heterocycles. The molecule has 1 unspecified atom stereocenters. The standard InChI is InChI=1S/C13H26N2O/c1-3-14(4-2)9-10-16-13-11-15-7-5-12(13)6-8-15/h12-13H,3-11H2,1-2H3. The highest BCUT2D eigenvalue weighted by atomic mass is 16.5. The summed E-state index contributed by atoms with van der Waals surface area (Å²) in [5.41, 5.74) is 0. The van der Waals surface area contributed by atoms with E-state index in [9.17, 15) is 0 Å². The fourth-order valence-electron chi connectivity index (χ4n) is 2.97. The van der Waals surface area contributed by atoms with E-state index in [-0.39, 0.29) is 0 Å². The van der Waals surface area contributed by atoms with E-state index >= 15 is 0 Å². The van der Waals surface area contributed by atoms with Crippen molar-refractivity contribution in [2.45, 2.75) is 32.8 Å². The van der Waals surface area contributed by atoms with Crippen molar-refractivity contribution in [1.82, 2.24) is 9.80 Å². The van der Waals surface area contributed by atoms with E-state index in [1.807, 2.05) is 0 Å². The van der Waals surface area contributed by atoms with Crippen LogP contribution in [0.3, 0.4) is 0 Å². The van der Waals surface area contributed by atoms with Crippen molar-refractivity contribution in [3.05, 3.63) is 0 Å². The van der Waals surface area contributed by atoms with Gasteiger partial charge in [0.1, 0.15) is 0 Å². The van der Waals surface area contributed by atoms with Crippen molar-refractivity contribution in [3.63, 3.8) is 0 Å². The first kappa shape index (κ1) is 12.3. The number of piperidine rings is 3. The molecular weight excluding hydrogens is 200 g/mol. The molecule has 3 aliphatic heterocycles. The quantitative estimate of drug-likeness (QED) is 0.681. The molecule has 0 aromatic rings. The number of nitrogens with zero attached hydrogens (tertiary/aromatic N) is 2. The van der Waals surface area contributed by atoms with Crippen molar-refractivity contribution in [3.8, 4) is 0 Å². The number of ether oxygens (including phenoxy) is 1. The summed E-state index contributed by atoms with van der Waals surface area (Å²) in [5, 5.41) is 0. The lowest BCUT2D eigenvalue weighted by molar-refractivity contribution is -0.0729. The Hall–Kier alpha value is -0.120. The van der Waals surface area contributed by atoms with Gasteiger partial charge in [-0.2, -0.15) is 0 Å². The molecular formula is C13H26N2O. The average Bonchev–Trinajstić information content (AvgIpc) is 2.36. The van der Waals surface area contributed by atoms with Crippen LogP contribution >= 0.6 is 0 Å². The Kier molecular flexibility index (Phi) is 4.62. The maximum Gasteiger partial charge on any atom is 0.0731 e. The molecule has 3 rings (SSSR count). The van der Waals surface area contributed by atoms with Gasteiger partial charge in [0.05, 0.1) is 12.7 Å². The highest BCUT2D eigenvalue weighted by Gasteiger charge is 2.34. The molecule has 0 radical (unpaired) electrons. The predicted molar refractivity (Wildman–Crippen MR) is 66.7 cm³/mol. The van der Waals surface area contributed by atoms with Gasteiger partial charge in [-0.05, 0) is 44.9 Å². The summed E-state index contributed by atoms with van der Waals surface area (Å²) in [6.07, 6.45) is 3.24. The van der Waals surface area contributed by atoms with Crippen LogP contribution < -0.4 is 0 Å². The normalized spacial score (nSPS) is 33.6. The van der Waals surface area contributed by atoms with E-state index in [0.717, 1.165) is 32.2 Å². The van der Waals surface area contributed by atoms with Crippen molar-refractivity contribution < 1.29 is 4.74 Å². The summed E-state index contributed by atoms with van der Waals surface area (Å²) in [6.45, 7) is 12.5. The first-order valence-corrected chi connectivity index (χ1v) is 6.89. The third-order valence-electron chi connectivity index (χ3n) is 4.23. The van der Waals surface area contributed by atoms with E-state index in [4.69, 9.17) is 4.74 Å². The lowest BCUT2D eigenvalue weighted by Gasteiger charge is -2.44. The molecule has 2 bridgehead atoms. The zero-order valence-electron chi connectivity index (χ0n) is 10.8. The van der Waals surface area contributed by atoms with E-state index in [2.05, 4.69) is 23.6 Å². The zero-order valence-corrected chi connectivity index (χ0v) is 10.8. The van der Waals surface area contributed by atoms with Gasteiger partial charge in [0.25, 0.3) is 0 Å². The van der Waals surface area contributed by atoms with Gasteiger partial charge in [-0.25, -0.2) is 0 Å². The van der Waals surface area contributed by atoms with E-state index in [0.29, 0.717) is 6.10 Å². The van der Waals surface area contributed by atoms with Crippen molar-refractivity contribution >= 4 is 0 Å². The van der Waals surface area contributed by atoms with Crippen LogP contribution in [0.4, 0.5) is 0 Å². The topological polar surface area (TPSA) is 15.7 Å². The minimum atomic E-state index is 0.526. The van der Waals surface area contributed by atoms with E-state index in [1.165, 1.54) is 32.5 Å². The van der Waals surface area contributed by atoms with Crippen LogP contribution in [0.5, 0.6) is 0 Å². The lowest BCUT2D eigenvalue weighted by atomic mass is 9.86. The van der Waals surface area contributed by atoms with Gasteiger partial charge < -0.3 is 14.5 Å². The molecule has 16 heavy (non-hydrogen) atoms. The minimum Gasteiger partial charge on any atom is -0.375 e. The summed E-state index contributed by atoms with van der Waals surface area (Å²) in [5.74, 6) is 0.849. The zero-order chi connectivity index (χ0) is 11.4. The van der Waals surface area contributed by atoms with Crippen LogP contribution in [0, 0.1) is 5.92 Å². The fourth-order valence-corrected chi connectivity index (χ4v) is 2.97. The molecule has 0 aromatic carbocycles. The van der Waals surface area contributed by atoms with E-state index < -0.39 is 0 Å². The third-order valence-corrected chi connectivity index (χ3v) is 4.23. The number of rotatable bonds is 6. The summed E-state index contributed by atoms with van der Waals surface area (Å²) < 4.78 is 6.07. The molecule has 94 valence electrons. The van der Waals surface area contributed by atoms with Crippen LogP contribution in [-0.2, 0) is 4.74 Å². The second-order valence-corrected chi connectivity index (χ2v) is 5.07. The van der Waals surface area contributed by atoms with Crippen molar-refractivity contribution in [2.24, 2.45) is 5.92 Å². The Labute approximate surface area is 99.7 Å². The Morgan fingerprint density at radius 2 is 1.88 bits per heavy atom. The lowest BCUT2D eigenvalue weighted by Crippen LogP contribution is -2.51. The van der Waals surface area contributed by atoms with Crippen molar-refractivity contribution in [1.29, 1.82) is 0 Å². The number of hydrogen-bond acceptors (Lipinski definition) is 3. The summed E-state index contributed by atoms with van der Waals surface area (Å²) >= 11 is 0. The fraction of sp³-hybridized carbons (Fsp3) is 1.00. The first-order valence-electron chi connectivity index (χ1n) is 6.89. The molecule has 0 aromatic heterocycles. The Bertz CT molecular complexity index is 198. The van der Waals surface area contributed by atoms with Crippen LogP contribution in [-0.4, -0.2) is 61.8 Å². The van der Waals surface area contributed by atoms with Crippen LogP contribution in [0.25, 0.3) is 0 Å². The highest BCUT2D eigenvalue weighted by Crippen LogP contribution is 2.29. The van der Waals surface area contributed by atoms with Gasteiger partial charge in [0, 0.05) is 13.1 Å². The molecule has 3 heterocycles. The molecule has 0 spiro atoms. The van der Waals surface area contributed by atoms with Crippen LogP contribution in [0.2, 0.25) is 0 Å². The second kappa shape index (κ2) is 5.99. The Morgan fingerprint density at radius 1 is 1.19 bits per heavy atom. The third kappa shape index (κ3) is 2.96. The monoisotopic (exact) mass is 226 g/mol. The van der Waals surface area contributed by atoms with Gasteiger partial charge >= 0.3 is 0 Å². The highest BCUT2D eigenvalue weighted by molar-refractivity contribution is 4.87. The molecule has 0 N–H and O–H groups in total. The van der Waals surface area contributed by atoms with Gasteiger partial charge in [-0.1, -0.05) is 13.8 Å². The number of likely N-dealkylation sites (N-methyl/N-ethyl adjacent to an activating group) is 1. The molecule has 0 saturated carbocycles. The largest absolute Gasteiger partial charge is 0.375 e. The van der Waals surface area contributed by atoms with E-state index in [1.54, 1.807) is 0 Å². The molecule has 0 aliphatic carbocycles. The number of fused-ring (bicyclic) bond motifs is 3. The molecule has 3 nitrogen and oxygen atoms in total. The molecule has 3 heteroatoms. The maximum absolute atomic E-state index is 6.07. The summed E-state index contributed by atoms with van der Waals surface area (Å²) in [6, 6.07) is 0. The summed E-state index contributed by atoms with van der Waals surface area (Å²) in [7, 11) is 0. The molecule has 3 aliphatic rings. The molecule has 0 amide bonds.